The first kappa shape index (κ1) is 13.0. The Morgan fingerprint density at radius 1 is 1.17 bits per heavy atom. The van der Waals surface area contributed by atoms with Crippen molar-refractivity contribution in [1.29, 1.82) is 0 Å². The smallest absolute Gasteiger partial charge is 0.0346 e. The zero-order valence-corrected chi connectivity index (χ0v) is 11.5. The van der Waals surface area contributed by atoms with E-state index < -0.39 is 0 Å². The van der Waals surface area contributed by atoms with Crippen molar-refractivity contribution in [2.24, 2.45) is 5.92 Å². The molecule has 1 aromatic heterocycles. The Hall–Kier alpha value is -1.41. The minimum Gasteiger partial charge on any atom is -0.317 e. The molecule has 2 nitrogen and oxygen atoms in total. The SMILES string of the molecule is CCNCC(C)C(C)c1cncc2ccccc12. The van der Waals surface area contributed by atoms with Gasteiger partial charge in [0.15, 0.2) is 0 Å². The van der Waals surface area contributed by atoms with Crippen LogP contribution in [-0.2, 0) is 0 Å². The maximum Gasteiger partial charge on any atom is 0.0346 e. The Morgan fingerprint density at radius 2 is 1.94 bits per heavy atom. The number of pyridine rings is 1. The quantitative estimate of drug-likeness (QED) is 0.866. The summed E-state index contributed by atoms with van der Waals surface area (Å²) in [7, 11) is 0. The Morgan fingerprint density at radius 3 is 2.72 bits per heavy atom. The second kappa shape index (κ2) is 5.96. The van der Waals surface area contributed by atoms with Crippen LogP contribution in [-0.4, -0.2) is 18.1 Å². The van der Waals surface area contributed by atoms with E-state index in [0.717, 1.165) is 13.1 Å². The number of nitrogens with zero attached hydrogens (tertiary/aromatic N) is 1. The van der Waals surface area contributed by atoms with E-state index in [4.69, 9.17) is 0 Å². The molecule has 0 saturated carbocycles. The fraction of sp³-hybridized carbons (Fsp3) is 0.438. The number of rotatable bonds is 5. The maximum absolute atomic E-state index is 4.38. The van der Waals surface area contributed by atoms with Crippen molar-refractivity contribution in [2.45, 2.75) is 26.7 Å². The number of benzene rings is 1. The molecule has 0 amide bonds. The fourth-order valence-electron chi connectivity index (χ4n) is 2.36. The van der Waals surface area contributed by atoms with Crippen LogP contribution in [0.5, 0.6) is 0 Å². The van der Waals surface area contributed by atoms with Crippen LogP contribution in [0.1, 0.15) is 32.3 Å². The summed E-state index contributed by atoms with van der Waals surface area (Å²) in [4.78, 5) is 4.38. The summed E-state index contributed by atoms with van der Waals surface area (Å²) in [6.07, 6.45) is 3.97. The highest BCUT2D eigenvalue weighted by Crippen LogP contribution is 2.29. The molecule has 1 aromatic carbocycles. The van der Waals surface area contributed by atoms with Crippen LogP contribution in [0.15, 0.2) is 36.7 Å². The van der Waals surface area contributed by atoms with Gasteiger partial charge in [-0.05, 0) is 35.9 Å². The van der Waals surface area contributed by atoms with Crippen LogP contribution in [0.3, 0.4) is 0 Å². The van der Waals surface area contributed by atoms with Gasteiger partial charge in [0.25, 0.3) is 0 Å². The van der Waals surface area contributed by atoms with Crippen molar-refractivity contribution in [1.82, 2.24) is 10.3 Å². The lowest BCUT2D eigenvalue weighted by Crippen LogP contribution is -2.24. The molecular formula is C16H22N2. The molecule has 0 fully saturated rings. The number of fused-ring (bicyclic) bond motifs is 1. The van der Waals surface area contributed by atoms with E-state index in [1.54, 1.807) is 0 Å². The lowest BCUT2D eigenvalue weighted by Gasteiger charge is -2.21. The van der Waals surface area contributed by atoms with Crippen molar-refractivity contribution >= 4 is 10.8 Å². The van der Waals surface area contributed by atoms with Gasteiger partial charge in [-0.15, -0.1) is 0 Å². The lowest BCUT2D eigenvalue weighted by atomic mass is 9.87. The average molecular weight is 242 g/mol. The van der Waals surface area contributed by atoms with Crippen LogP contribution >= 0.6 is 0 Å². The normalized spacial score (nSPS) is 14.6. The summed E-state index contributed by atoms with van der Waals surface area (Å²) in [6.45, 7) is 8.84. The van der Waals surface area contributed by atoms with Crippen LogP contribution in [0.4, 0.5) is 0 Å². The van der Waals surface area contributed by atoms with Crippen LogP contribution in [0, 0.1) is 5.92 Å². The highest BCUT2D eigenvalue weighted by atomic mass is 14.8. The second-order valence-corrected chi connectivity index (χ2v) is 5.02. The molecule has 2 rings (SSSR count). The number of nitrogens with one attached hydrogen (secondary N) is 1. The first-order valence-corrected chi connectivity index (χ1v) is 6.77. The van der Waals surface area contributed by atoms with Gasteiger partial charge in [-0.3, -0.25) is 4.98 Å². The van der Waals surface area contributed by atoms with Crippen LogP contribution in [0.25, 0.3) is 10.8 Å². The molecule has 0 spiro atoms. The molecule has 0 saturated heterocycles. The average Bonchev–Trinajstić information content (AvgIpc) is 2.43. The van der Waals surface area contributed by atoms with Gasteiger partial charge in [0.1, 0.15) is 0 Å². The standard InChI is InChI=1S/C16H22N2/c1-4-17-9-12(2)13(3)16-11-18-10-14-7-5-6-8-15(14)16/h5-8,10-13,17H,4,9H2,1-3H3. The second-order valence-electron chi connectivity index (χ2n) is 5.02. The molecule has 0 bridgehead atoms. The lowest BCUT2D eigenvalue weighted by molar-refractivity contribution is 0.455. The predicted octanol–water partition coefficient (Wildman–Crippen LogP) is 3.58. The third-order valence-electron chi connectivity index (χ3n) is 3.76. The van der Waals surface area contributed by atoms with Crippen molar-refractivity contribution in [3.63, 3.8) is 0 Å². The molecule has 18 heavy (non-hydrogen) atoms. The van der Waals surface area contributed by atoms with Crippen molar-refractivity contribution in [3.05, 3.63) is 42.2 Å². The molecular weight excluding hydrogens is 220 g/mol. The Balaban J connectivity index is 2.29. The van der Waals surface area contributed by atoms with Gasteiger partial charge < -0.3 is 5.32 Å². The Labute approximate surface area is 109 Å². The summed E-state index contributed by atoms with van der Waals surface area (Å²) in [5.74, 6) is 1.13. The van der Waals surface area contributed by atoms with Crippen molar-refractivity contribution in [2.75, 3.05) is 13.1 Å². The molecule has 96 valence electrons. The molecule has 2 atom stereocenters. The molecule has 2 heteroatoms. The minimum absolute atomic E-state index is 0.516. The minimum atomic E-state index is 0.516. The Bertz CT molecular complexity index is 502. The monoisotopic (exact) mass is 242 g/mol. The summed E-state index contributed by atoms with van der Waals surface area (Å²) >= 11 is 0. The van der Waals surface area contributed by atoms with E-state index in [2.05, 4.69) is 55.3 Å². The van der Waals surface area contributed by atoms with Gasteiger partial charge in [-0.1, -0.05) is 45.0 Å². The zero-order valence-electron chi connectivity index (χ0n) is 11.5. The van der Waals surface area contributed by atoms with E-state index in [-0.39, 0.29) is 0 Å². The van der Waals surface area contributed by atoms with Gasteiger partial charge in [0, 0.05) is 17.8 Å². The summed E-state index contributed by atoms with van der Waals surface area (Å²) < 4.78 is 0. The van der Waals surface area contributed by atoms with Crippen molar-refractivity contribution < 1.29 is 0 Å². The predicted molar refractivity (Wildman–Crippen MR) is 77.9 cm³/mol. The molecule has 0 aliphatic carbocycles. The molecule has 1 N–H and O–H groups in total. The maximum atomic E-state index is 4.38. The molecule has 0 radical (unpaired) electrons. The third kappa shape index (κ3) is 2.70. The van der Waals surface area contributed by atoms with Crippen molar-refractivity contribution in [3.8, 4) is 0 Å². The zero-order chi connectivity index (χ0) is 13.0. The van der Waals surface area contributed by atoms with Crippen LogP contribution in [0.2, 0.25) is 0 Å². The van der Waals surface area contributed by atoms with Gasteiger partial charge in [-0.25, -0.2) is 0 Å². The largest absolute Gasteiger partial charge is 0.317 e. The van der Waals surface area contributed by atoms with Gasteiger partial charge in [0.2, 0.25) is 0 Å². The van der Waals surface area contributed by atoms with Gasteiger partial charge in [-0.2, -0.15) is 0 Å². The first-order chi connectivity index (χ1) is 8.74. The Kier molecular flexibility index (Phi) is 4.32. The van der Waals surface area contributed by atoms with E-state index in [0.29, 0.717) is 11.8 Å². The molecule has 0 aliphatic heterocycles. The first-order valence-electron chi connectivity index (χ1n) is 6.77. The van der Waals surface area contributed by atoms with E-state index in [1.165, 1.54) is 16.3 Å². The number of aromatic nitrogens is 1. The molecule has 0 aliphatic rings. The van der Waals surface area contributed by atoms with E-state index in [9.17, 15) is 0 Å². The topological polar surface area (TPSA) is 24.9 Å². The van der Waals surface area contributed by atoms with E-state index >= 15 is 0 Å². The van der Waals surface area contributed by atoms with E-state index in [1.807, 2.05) is 12.4 Å². The fourth-order valence-corrected chi connectivity index (χ4v) is 2.36. The summed E-state index contributed by atoms with van der Waals surface area (Å²) in [5, 5.41) is 6.00. The third-order valence-corrected chi connectivity index (χ3v) is 3.76. The van der Waals surface area contributed by atoms with Gasteiger partial charge in [0.05, 0.1) is 0 Å². The molecule has 2 aromatic rings. The number of hydrogen-bond donors (Lipinski definition) is 1. The highest BCUT2D eigenvalue weighted by Gasteiger charge is 2.16. The van der Waals surface area contributed by atoms with Gasteiger partial charge >= 0.3 is 0 Å². The molecule has 1 heterocycles. The summed E-state index contributed by atoms with van der Waals surface area (Å²) in [6, 6.07) is 8.50. The summed E-state index contributed by atoms with van der Waals surface area (Å²) in [5.41, 5.74) is 1.36. The highest BCUT2D eigenvalue weighted by molar-refractivity contribution is 5.85. The van der Waals surface area contributed by atoms with Crippen LogP contribution < -0.4 is 5.32 Å². The number of hydrogen-bond acceptors (Lipinski definition) is 2. The molecule has 2 unspecified atom stereocenters.